The van der Waals surface area contributed by atoms with Crippen LogP contribution in [0, 0.1) is 18.7 Å². The van der Waals surface area contributed by atoms with Crippen LogP contribution in [-0.2, 0) is 14.8 Å². The number of aryl methyl sites for hydroxylation is 1. The molecule has 116 valence electrons. The van der Waals surface area contributed by atoms with Crippen molar-refractivity contribution in [2.45, 2.75) is 31.1 Å². The van der Waals surface area contributed by atoms with Crippen LogP contribution in [0.25, 0.3) is 0 Å². The molecule has 1 aromatic rings. The molecule has 1 fully saturated rings. The van der Waals surface area contributed by atoms with Crippen molar-refractivity contribution >= 4 is 16.0 Å². The summed E-state index contributed by atoms with van der Waals surface area (Å²) in [6, 6.07) is 3.62. The van der Waals surface area contributed by atoms with Gasteiger partial charge in [-0.1, -0.05) is 0 Å². The third kappa shape index (κ3) is 3.59. The summed E-state index contributed by atoms with van der Waals surface area (Å²) in [5.41, 5.74) is 0.377. The van der Waals surface area contributed by atoms with Gasteiger partial charge in [0.2, 0.25) is 10.0 Å². The van der Waals surface area contributed by atoms with Crippen molar-refractivity contribution < 1.29 is 22.7 Å². The summed E-state index contributed by atoms with van der Waals surface area (Å²) in [4.78, 5) is 10.8. The fourth-order valence-electron chi connectivity index (χ4n) is 2.64. The molecule has 1 N–H and O–H groups in total. The van der Waals surface area contributed by atoms with Crippen LogP contribution in [0.2, 0.25) is 0 Å². The Morgan fingerprint density at radius 1 is 1.38 bits per heavy atom. The molecule has 0 spiro atoms. The van der Waals surface area contributed by atoms with E-state index in [9.17, 15) is 17.6 Å². The lowest BCUT2D eigenvalue weighted by Gasteiger charge is -2.30. The van der Waals surface area contributed by atoms with Crippen LogP contribution in [0.1, 0.15) is 24.8 Å². The highest BCUT2D eigenvalue weighted by molar-refractivity contribution is 7.89. The second-order valence-corrected chi connectivity index (χ2v) is 7.26. The molecule has 0 atom stereocenters. The van der Waals surface area contributed by atoms with Gasteiger partial charge in [0.15, 0.2) is 0 Å². The molecular formula is C14H18FNO4S. The van der Waals surface area contributed by atoms with Gasteiger partial charge >= 0.3 is 5.97 Å². The Bertz CT molecular complexity index is 636. The molecule has 1 aliphatic rings. The minimum atomic E-state index is -3.64. The molecule has 1 heterocycles. The van der Waals surface area contributed by atoms with Crippen LogP contribution in [-0.4, -0.2) is 36.9 Å². The van der Waals surface area contributed by atoms with Gasteiger partial charge in [0.05, 0.1) is 4.90 Å². The summed E-state index contributed by atoms with van der Waals surface area (Å²) >= 11 is 0. The Morgan fingerprint density at radius 3 is 2.52 bits per heavy atom. The molecule has 1 aliphatic heterocycles. The van der Waals surface area contributed by atoms with E-state index < -0.39 is 21.8 Å². The normalized spacial score (nSPS) is 17.8. The van der Waals surface area contributed by atoms with Crippen molar-refractivity contribution in [1.29, 1.82) is 0 Å². The molecular weight excluding hydrogens is 297 g/mol. The molecule has 0 saturated carbocycles. The monoisotopic (exact) mass is 315 g/mol. The molecule has 1 aromatic carbocycles. The molecule has 7 heteroatoms. The molecule has 21 heavy (non-hydrogen) atoms. The first-order chi connectivity index (χ1) is 9.80. The Hall–Kier alpha value is -1.47. The van der Waals surface area contributed by atoms with Crippen molar-refractivity contribution in [2.75, 3.05) is 13.1 Å². The zero-order valence-electron chi connectivity index (χ0n) is 11.8. The predicted molar refractivity (Wildman–Crippen MR) is 74.9 cm³/mol. The van der Waals surface area contributed by atoms with E-state index >= 15 is 0 Å². The minimum absolute atomic E-state index is 0.0169. The fourth-order valence-corrected chi connectivity index (χ4v) is 4.32. The number of hydrogen-bond acceptors (Lipinski definition) is 3. The van der Waals surface area contributed by atoms with Gasteiger partial charge in [-0.15, -0.1) is 0 Å². The highest BCUT2D eigenvalue weighted by Crippen LogP contribution is 2.27. The average Bonchev–Trinajstić information content (AvgIpc) is 2.38. The zero-order chi connectivity index (χ0) is 15.6. The van der Waals surface area contributed by atoms with E-state index in [2.05, 4.69) is 0 Å². The first-order valence-corrected chi connectivity index (χ1v) is 8.23. The van der Waals surface area contributed by atoms with E-state index in [0.717, 1.165) is 6.07 Å². The van der Waals surface area contributed by atoms with Gasteiger partial charge in [0.1, 0.15) is 5.82 Å². The van der Waals surface area contributed by atoms with E-state index in [0.29, 0.717) is 31.5 Å². The SMILES string of the molecule is Cc1cc(F)ccc1S(=O)(=O)N1CCC(CC(=O)O)CC1. The van der Waals surface area contributed by atoms with E-state index in [4.69, 9.17) is 5.11 Å². The molecule has 2 rings (SSSR count). The molecule has 0 unspecified atom stereocenters. The van der Waals surface area contributed by atoms with Crippen LogP contribution < -0.4 is 0 Å². The van der Waals surface area contributed by atoms with Gasteiger partial charge in [-0.25, -0.2) is 12.8 Å². The van der Waals surface area contributed by atoms with Gasteiger partial charge < -0.3 is 5.11 Å². The summed E-state index contributed by atoms with van der Waals surface area (Å²) < 4.78 is 39.5. The second-order valence-electron chi connectivity index (χ2n) is 5.36. The van der Waals surface area contributed by atoms with Gasteiger partial charge in [-0.3, -0.25) is 4.79 Å². The Kier molecular flexibility index (Phi) is 4.63. The van der Waals surface area contributed by atoms with Gasteiger partial charge in [-0.05, 0) is 49.4 Å². The molecule has 1 saturated heterocycles. The average molecular weight is 315 g/mol. The lowest BCUT2D eigenvalue weighted by Crippen LogP contribution is -2.39. The molecule has 5 nitrogen and oxygen atoms in total. The second kappa shape index (κ2) is 6.11. The van der Waals surface area contributed by atoms with Crippen LogP contribution in [0.4, 0.5) is 4.39 Å². The van der Waals surface area contributed by atoms with Crippen LogP contribution in [0.5, 0.6) is 0 Å². The largest absolute Gasteiger partial charge is 0.481 e. The van der Waals surface area contributed by atoms with Gasteiger partial charge in [0, 0.05) is 19.5 Å². The molecule has 0 aromatic heterocycles. The maximum absolute atomic E-state index is 13.1. The van der Waals surface area contributed by atoms with Crippen molar-refractivity contribution in [1.82, 2.24) is 4.31 Å². The number of benzene rings is 1. The maximum atomic E-state index is 13.1. The summed E-state index contributed by atoms with van der Waals surface area (Å²) in [6.45, 7) is 2.17. The summed E-state index contributed by atoms with van der Waals surface area (Å²) in [5.74, 6) is -1.31. The maximum Gasteiger partial charge on any atom is 0.303 e. The quantitative estimate of drug-likeness (QED) is 0.922. The number of halogens is 1. The standard InChI is InChI=1S/C14H18FNO4S/c1-10-8-12(15)2-3-13(10)21(19,20)16-6-4-11(5-7-16)9-14(17)18/h2-3,8,11H,4-7,9H2,1H3,(H,17,18). The fraction of sp³-hybridized carbons (Fsp3) is 0.500. The van der Waals surface area contributed by atoms with E-state index in [-0.39, 0.29) is 17.2 Å². The summed E-state index contributed by atoms with van der Waals surface area (Å²) in [7, 11) is -3.64. The van der Waals surface area contributed by atoms with E-state index in [1.54, 1.807) is 6.92 Å². The van der Waals surface area contributed by atoms with Crippen LogP contribution >= 0.6 is 0 Å². The van der Waals surface area contributed by atoms with Crippen molar-refractivity contribution in [3.63, 3.8) is 0 Å². The highest BCUT2D eigenvalue weighted by Gasteiger charge is 2.31. The molecule has 0 radical (unpaired) electrons. The molecule has 0 bridgehead atoms. The third-order valence-corrected chi connectivity index (χ3v) is 5.85. The third-order valence-electron chi connectivity index (χ3n) is 3.79. The minimum Gasteiger partial charge on any atom is -0.481 e. The summed E-state index contributed by atoms with van der Waals surface area (Å²) in [5, 5.41) is 8.76. The number of carboxylic acids is 1. The van der Waals surface area contributed by atoms with Gasteiger partial charge in [-0.2, -0.15) is 4.31 Å². The number of carbonyl (C=O) groups is 1. The number of aliphatic carboxylic acids is 1. The first kappa shape index (κ1) is 15.9. The first-order valence-electron chi connectivity index (χ1n) is 6.79. The number of piperidine rings is 1. The number of rotatable bonds is 4. The molecule has 0 aliphatic carbocycles. The Morgan fingerprint density at radius 2 is 2.00 bits per heavy atom. The van der Waals surface area contributed by atoms with Crippen LogP contribution in [0.3, 0.4) is 0 Å². The topological polar surface area (TPSA) is 74.7 Å². The van der Waals surface area contributed by atoms with Crippen molar-refractivity contribution in [2.24, 2.45) is 5.92 Å². The zero-order valence-corrected chi connectivity index (χ0v) is 12.6. The van der Waals surface area contributed by atoms with Gasteiger partial charge in [0.25, 0.3) is 0 Å². The number of nitrogens with zero attached hydrogens (tertiary/aromatic N) is 1. The Balaban J connectivity index is 2.13. The lowest BCUT2D eigenvalue weighted by atomic mass is 9.95. The summed E-state index contributed by atoms with van der Waals surface area (Å²) in [6.07, 6.45) is 1.14. The lowest BCUT2D eigenvalue weighted by molar-refractivity contribution is -0.138. The number of carboxylic acid groups (broad SMARTS) is 1. The van der Waals surface area contributed by atoms with Crippen molar-refractivity contribution in [3.8, 4) is 0 Å². The Labute approximate surface area is 123 Å². The van der Waals surface area contributed by atoms with E-state index in [1.165, 1.54) is 16.4 Å². The van der Waals surface area contributed by atoms with E-state index in [1.807, 2.05) is 0 Å². The number of sulfonamides is 1. The number of hydrogen-bond donors (Lipinski definition) is 1. The predicted octanol–water partition coefficient (Wildman–Crippen LogP) is 2.01. The van der Waals surface area contributed by atoms with Crippen molar-refractivity contribution in [3.05, 3.63) is 29.6 Å². The van der Waals surface area contributed by atoms with Crippen LogP contribution in [0.15, 0.2) is 23.1 Å². The smallest absolute Gasteiger partial charge is 0.303 e. The molecule has 0 amide bonds. The highest BCUT2D eigenvalue weighted by atomic mass is 32.2.